The highest BCUT2D eigenvalue weighted by Gasteiger charge is 2.39. The van der Waals surface area contributed by atoms with E-state index >= 15 is 0 Å². The SMILES string of the molecule is CCOC1(c2nc(=S)c(Br)c(C3CC3)[nH]2)CCOCC1. The highest BCUT2D eigenvalue weighted by Crippen LogP contribution is 2.43. The van der Waals surface area contributed by atoms with Crippen molar-refractivity contribution in [2.24, 2.45) is 0 Å². The Morgan fingerprint density at radius 1 is 1.45 bits per heavy atom. The fourth-order valence-corrected chi connectivity index (χ4v) is 3.48. The van der Waals surface area contributed by atoms with Crippen molar-refractivity contribution in [3.63, 3.8) is 0 Å². The van der Waals surface area contributed by atoms with Crippen molar-refractivity contribution in [1.29, 1.82) is 0 Å². The van der Waals surface area contributed by atoms with Crippen LogP contribution in [0.4, 0.5) is 0 Å². The Hall–Kier alpha value is -0.300. The van der Waals surface area contributed by atoms with Crippen LogP contribution in [0.1, 0.15) is 50.0 Å². The molecule has 1 aliphatic heterocycles. The quantitative estimate of drug-likeness (QED) is 0.831. The first kappa shape index (κ1) is 14.6. The molecule has 2 fully saturated rings. The molecule has 0 aromatic carbocycles. The molecule has 2 aliphatic rings. The van der Waals surface area contributed by atoms with Crippen LogP contribution in [0.2, 0.25) is 0 Å². The fraction of sp³-hybridized carbons (Fsp3) is 0.714. The summed E-state index contributed by atoms with van der Waals surface area (Å²) in [4.78, 5) is 8.10. The predicted octanol–water partition coefficient (Wildman–Crippen LogP) is 3.82. The second-order valence-corrected chi connectivity index (χ2v) is 6.61. The van der Waals surface area contributed by atoms with Crippen LogP contribution in [0.5, 0.6) is 0 Å². The van der Waals surface area contributed by atoms with Crippen molar-refractivity contribution >= 4 is 28.1 Å². The summed E-state index contributed by atoms with van der Waals surface area (Å²) in [6, 6.07) is 0. The molecule has 4 nitrogen and oxygen atoms in total. The van der Waals surface area contributed by atoms with Gasteiger partial charge in [0.2, 0.25) is 0 Å². The number of aromatic nitrogens is 2. The van der Waals surface area contributed by atoms with E-state index in [0.717, 1.165) is 23.1 Å². The van der Waals surface area contributed by atoms with Gasteiger partial charge in [-0.25, -0.2) is 4.98 Å². The van der Waals surface area contributed by atoms with Gasteiger partial charge >= 0.3 is 0 Å². The first-order chi connectivity index (χ1) is 9.66. The molecule has 1 saturated heterocycles. The maximum atomic E-state index is 6.07. The number of nitrogens with one attached hydrogen (secondary N) is 1. The van der Waals surface area contributed by atoms with E-state index in [4.69, 9.17) is 21.7 Å². The molecule has 0 radical (unpaired) electrons. The molecular weight excluding hydrogens is 340 g/mol. The summed E-state index contributed by atoms with van der Waals surface area (Å²) in [5.74, 6) is 1.46. The van der Waals surface area contributed by atoms with Gasteiger partial charge in [0.05, 0.1) is 4.47 Å². The highest BCUT2D eigenvalue weighted by molar-refractivity contribution is 9.10. The number of ether oxygens (including phenoxy) is 2. The van der Waals surface area contributed by atoms with Gasteiger partial charge in [-0.1, -0.05) is 12.2 Å². The normalized spacial score (nSPS) is 21.9. The predicted molar refractivity (Wildman–Crippen MR) is 82.5 cm³/mol. The van der Waals surface area contributed by atoms with Crippen LogP contribution in [0.15, 0.2) is 4.47 Å². The lowest BCUT2D eigenvalue weighted by molar-refractivity contribution is -0.118. The van der Waals surface area contributed by atoms with E-state index in [1.807, 2.05) is 6.92 Å². The second kappa shape index (κ2) is 5.83. The Morgan fingerprint density at radius 2 is 2.15 bits per heavy atom. The van der Waals surface area contributed by atoms with Crippen LogP contribution in [0.3, 0.4) is 0 Å². The van der Waals surface area contributed by atoms with E-state index in [9.17, 15) is 0 Å². The van der Waals surface area contributed by atoms with E-state index in [1.54, 1.807) is 0 Å². The van der Waals surface area contributed by atoms with Gasteiger partial charge in [-0.05, 0) is 35.7 Å². The lowest BCUT2D eigenvalue weighted by atomic mass is 9.92. The van der Waals surface area contributed by atoms with Crippen molar-refractivity contribution in [1.82, 2.24) is 9.97 Å². The largest absolute Gasteiger partial charge is 0.381 e. The molecule has 0 amide bonds. The van der Waals surface area contributed by atoms with Gasteiger partial charge in [0.25, 0.3) is 0 Å². The average molecular weight is 359 g/mol. The minimum Gasteiger partial charge on any atom is -0.381 e. The fourth-order valence-electron chi connectivity index (χ4n) is 2.77. The molecule has 0 bridgehead atoms. The monoisotopic (exact) mass is 358 g/mol. The maximum Gasteiger partial charge on any atom is 0.144 e. The van der Waals surface area contributed by atoms with Crippen LogP contribution in [-0.4, -0.2) is 29.8 Å². The molecule has 1 aliphatic carbocycles. The maximum absolute atomic E-state index is 6.07. The van der Waals surface area contributed by atoms with E-state index in [2.05, 4.69) is 25.9 Å². The molecule has 1 aromatic heterocycles. The van der Waals surface area contributed by atoms with E-state index < -0.39 is 0 Å². The van der Waals surface area contributed by atoms with Crippen molar-refractivity contribution < 1.29 is 9.47 Å². The van der Waals surface area contributed by atoms with Gasteiger partial charge in [0.15, 0.2) is 0 Å². The van der Waals surface area contributed by atoms with Gasteiger partial charge in [-0.2, -0.15) is 0 Å². The number of hydrogen-bond donors (Lipinski definition) is 1. The Labute approximate surface area is 132 Å². The standard InChI is InChI=1S/C14H19BrN2O2S/c1-2-19-14(5-7-18-8-6-14)13-16-11(9-3-4-9)10(15)12(20)17-13/h9H,2-8H2,1H3,(H,16,17,20). The van der Waals surface area contributed by atoms with Gasteiger partial charge in [-0.3, -0.25) is 0 Å². The first-order valence-electron chi connectivity index (χ1n) is 7.18. The third kappa shape index (κ3) is 2.71. The van der Waals surface area contributed by atoms with Crippen LogP contribution in [0.25, 0.3) is 0 Å². The Bertz CT molecular complexity index is 545. The molecule has 0 spiro atoms. The van der Waals surface area contributed by atoms with Gasteiger partial charge in [0.1, 0.15) is 16.1 Å². The minimum absolute atomic E-state index is 0.370. The number of rotatable bonds is 4. The third-order valence-corrected chi connectivity index (χ3v) is 5.39. The summed E-state index contributed by atoms with van der Waals surface area (Å²) < 4.78 is 13.1. The molecule has 2 heterocycles. The lowest BCUT2D eigenvalue weighted by Crippen LogP contribution is -2.38. The Kier molecular flexibility index (Phi) is 4.26. The Morgan fingerprint density at radius 3 is 2.75 bits per heavy atom. The average Bonchev–Trinajstić information content (AvgIpc) is 3.27. The summed E-state index contributed by atoms with van der Waals surface area (Å²) in [5, 5.41) is 0. The topological polar surface area (TPSA) is 47.1 Å². The van der Waals surface area contributed by atoms with Crippen LogP contribution in [-0.2, 0) is 15.1 Å². The first-order valence-corrected chi connectivity index (χ1v) is 8.38. The molecule has 3 rings (SSSR count). The molecule has 1 saturated carbocycles. The van der Waals surface area contributed by atoms with Gasteiger partial charge in [-0.15, -0.1) is 0 Å². The Balaban J connectivity index is 2.04. The van der Waals surface area contributed by atoms with Crippen LogP contribution in [0, 0.1) is 4.64 Å². The van der Waals surface area contributed by atoms with Crippen molar-refractivity contribution in [3.8, 4) is 0 Å². The number of nitrogens with zero attached hydrogens (tertiary/aromatic N) is 1. The zero-order chi connectivity index (χ0) is 14.2. The molecule has 110 valence electrons. The number of H-pyrrole nitrogens is 1. The molecule has 6 heteroatoms. The minimum atomic E-state index is -0.370. The number of hydrogen-bond acceptors (Lipinski definition) is 4. The van der Waals surface area contributed by atoms with Gasteiger partial charge in [0, 0.05) is 44.3 Å². The van der Waals surface area contributed by atoms with Crippen LogP contribution < -0.4 is 0 Å². The van der Waals surface area contributed by atoms with Crippen molar-refractivity contribution in [3.05, 3.63) is 20.6 Å². The molecule has 0 unspecified atom stereocenters. The summed E-state index contributed by atoms with van der Waals surface area (Å²) >= 11 is 8.99. The molecular formula is C14H19BrN2O2S. The molecule has 1 N–H and O–H groups in total. The van der Waals surface area contributed by atoms with E-state index in [0.29, 0.717) is 30.4 Å². The molecule has 0 atom stereocenters. The number of halogens is 1. The summed E-state index contributed by atoms with van der Waals surface area (Å²) in [7, 11) is 0. The summed E-state index contributed by atoms with van der Waals surface area (Å²) in [6.45, 7) is 4.10. The van der Waals surface area contributed by atoms with Gasteiger partial charge < -0.3 is 14.5 Å². The smallest absolute Gasteiger partial charge is 0.144 e. The van der Waals surface area contributed by atoms with Crippen molar-refractivity contribution in [2.75, 3.05) is 19.8 Å². The van der Waals surface area contributed by atoms with Crippen molar-refractivity contribution in [2.45, 2.75) is 44.1 Å². The second-order valence-electron chi connectivity index (χ2n) is 5.43. The zero-order valence-electron chi connectivity index (χ0n) is 11.6. The summed E-state index contributed by atoms with van der Waals surface area (Å²) in [6.07, 6.45) is 4.09. The third-order valence-electron chi connectivity index (χ3n) is 4.03. The van der Waals surface area contributed by atoms with E-state index in [1.165, 1.54) is 18.5 Å². The zero-order valence-corrected chi connectivity index (χ0v) is 14.0. The highest BCUT2D eigenvalue weighted by atomic mass is 79.9. The number of aromatic amines is 1. The van der Waals surface area contributed by atoms with Crippen LogP contribution >= 0.6 is 28.1 Å². The lowest BCUT2D eigenvalue weighted by Gasteiger charge is -2.36. The molecule has 20 heavy (non-hydrogen) atoms. The van der Waals surface area contributed by atoms with E-state index in [-0.39, 0.29) is 5.60 Å². The molecule has 1 aromatic rings. The summed E-state index contributed by atoms with van der Waals surface area (Å²) in [5.41, 5.74) is 0.816.